The van der Waals surface area contributed by atoms with Crippen LogP contribution >= 0.6 is 15.9 Å². The Morgan fingerprint density at radius 2 is 2.29 bits per heavy atom. The molecule has 1 aliphatic carbocycles. The first kappa shape index (κ1) is 16.5. The fourth-order valence-corrected chi connectivity index (χ4v) is 3.50. The molecule has 21 heavy (non-hydrogen) atoms. The summed E-state index contributed by atoms with van der Waals surface area (Å²) in [6.45, 7) is 6.07. The highest BCUT2D eigenvalue weighted by atomic mass is 79.9. The Morgan fingerprint density at radius 3 is 3.00 bits per heavy atom. The molecule has 0 aromatic carbocycles. The van der Waals surface area contributed by atoms with E-state index in [4.69, 9.17) is 0 Å². The van der Waals surface area contributed by atoms with Gasteiger partial charge in [0.15, 0.2) is 0 Å². The molecule has 2 atom stereocenters. The minimum absolute atomic E-state index is 0.0366. The van der Waals surface area contributed by atoms with E-state index in [9.17, 15) is 4.79 Å². The predicted octanol–water partition coefficient (Wildman–Crippen LogP) is 4.04. The molecule has 2 rings (SSSR count). The van der Waals surface area contributed by atoms with E-state index >= 15 is 0 Å². The number of aryl methyl sites for hydroxylation is 1. The first-order valence-electron chi connectivity index (χ1n) is 8.11. The summed E-state index contributed by atoms with van der Waals surface area (Å²) >= 11 is 3.42. The Labute approximate surface area is 135 Å². The molecule has 1 aromatic rings. The lowest BCUT2D eigenvalue weighted by Gasteiger charge is -2.27. The number of hydrogen-bond donors (Lipinski definition) is 1. The summed E-state index contributed by atoms with van der Waals surface area (Å²) in [6.07, 6.45) is 9.06. The molecule has 1 fully saturated rings. The number of nitrogens with one attached hydrogen (secondary N) is 1. The topological polar surface area (TPSA) is 46.9 Å². The van der Waals surface area contributed by atoms with Gasteiger partial charge in [0.05, 0.1) is 11.9 Å². The van der Waals surface area contributed by atoms with Crippen LogP contribution in [-0.2, 0) is 6.54 Å². The number of unbranched alkanes of at least 4 members (excludes halogenated alkanes) is 1. The van der Waals surface area contributed by atoms with E-state index in [1.807, 2.05) is 0 Å². The summed E-state index contributed by atoms with van der Waals surface area (Å²) in [6, 6.07) is 0. The van der Waals surface area contributed by atoms with Gasteiger partial charge in [0.25, 0.3) is 5.56 Å². The van der Waals surface area contributed by atoms with Crippen LogP contribution in [-0.4, -0.2) is 16.3 Å². The summed E-state index contributed by atoms with van der Waals surface area (Å²) < 4.78 is 2.15. The van der Waals surface area contributed by atoms with Gasteiger partial charge in [0.1, 0.15) is 4.47 Å². The maximum absolute atomic E-state index is 12.2. The lowest BCUT2D eigenvalue weighted by molar-refractivity contribution is 0.293. The smallest absolute Gasteiger partial charge is 0.283 e. The minimum Gasteiger partial charge on any atom is -0.382 e. The third-order valence-corrected chi connectivity index (χ3v) is 5.10. The fraction of sp³-hybridized carbons (Fsp3) is 0.750. The van der Waals surface area contributed by atoms with Gasteiger partial charge in [0.2, 0.25) is 0 Å². The highest BCUT2D eigenvalue weighted by Gasteiger charge is 2.19. The highest BCUT2D eigenvalue weighted by Crippen LogP contribution is 2.29. The maximum atomic E-state index is 12.2. The van der Waals surface area contributed by atoms with Gasteiger partial charge >= 0.3 is 0 Å². The summed E-state index contributed by atoms with van der Waals surface area (Å²) in [5.41, 5.74) is 0.788. The van der Waals surface area contributed by atoms with Crippen LogP contribution in [0.1, 0.15) is 52.4 Å². The van der Waals surface area contributed by atoms with Gasteiger partial charge in [0, 0.05) is 13.1 Å². The number of anilines is 1. The van der Waals surface area contributed by atoms with E-state index in [1.54, 1.807) is 10.9 Å². The zero-order valence-corrected chi connectivity index (χ0v) is 14.7. The van der Waals surface area contributed by atoms with Crippen LogP contribution in [0.2, 0.25) is 0 Å². The second-order valence-corrected chi connectivity index (χ2v) is 7.07. The number of nitrogens with zero attached hydrogens (tertiary/aromatic N) is 2. The van der Waals surface area contributed by atoms with Crippen molar-refractivity contribution in [2.45, 2.75) is 58.9 Å². The second-order valence-electron chi connectivity index (χ2n) is 6.27. The molecule has 5 heteroatoms. The van der Waals surface area contributed by atoms with E-state index in [-0.39, 0.29) is 5.56 Å². The van der Waals surface area contributed by atoms with E-state index in [0.29, 0.717) is 16.9 Å². The molecule has 0 amide bonds. The summed E-state index contributed by atoms with van der Waals surface area (Å²) in [5.74, 6) is 1.54. The quantitative estimate of drug-likeness (QED) is 0.837. The van der Waals surface area contributed by atoms with Crippen LogP contribution in [0.15, 0.2) is 15.5 Å². The number of halogens is 1. The summed E-state index contributed by atoms with van der Waals surface area (Å²) in [5, 5.41) is 7.67. The zero-order chi connectivity index (χ0) is 15.2. The Kier molecular flexibility index (Phi) is 6.27. The van der Waals surface area contributed by atoms with Gasteiger partial charge in [-0.05, 0) is 47.0 Å². The third-order valence-electron chi connectivity index (χ3n) is 4.33. The summed E-state index contributed by atoms with van der Waals surface area (Å²) in [4.78, 5) is 12.2. The third kappa shape index (κ3) is 4.56. The molecule has 2 unspecified atom stereocenters. The first-order chi connectivity index (χ1) is 10.1. The van der Waals surface area contributed by atoms with Crippen molar-refractivity contribution < 1.29 is 0 Å². The lowest BCUT2D eigenvalue weighted by Crippen LogP contribution is -2.26. The van der Waals surface area contributed by atoms with Crippen molar-refractivity contribution in [1.29, 1.82) is 0 Å². The Morgan fingerprint density at radius 1 is 1.48 bits per heavy atom. The van der Waals surface area contributed by atoms with E-state index in [1.165, 1.54) is 25.7 Å². The molecule has 1 heterocycles. The molecule has 0 radical (unpaired) electrons. The monoisotopic (exact) mass is 355 g/mol. The highest BCUT2D eigenvalue weighted by molar-refractivity contribution is 9.10. The van der Waals surface area contributed by atoms with Crippen LogP contribution in [0.5, 0.6) is 0 Å². The molecule has 0 spiro atoms. The van der Waals surface area contributed by atoms with Crippen LogP contribution in [0.4, 0.5) is 5.69 Å². The van der Waals surface area contributed by atoms with Crippen LogP contribution < -0.4 is 10.9 Å². The first-order valence-corrected chi connectivity index (χ1v) is 8.90. The van der Waals surface area contributed by atoms with Gasteiger partial charge in [-0.1, -0.05) is 33.1 Å². The van der Waals surface area contributed by atoms with Gasteiger partial charge in [-0.3, -0.25) is 4.79 Å². The van der Waals surface area contributed by atoms with Gasteiger partial charge < -0.3 is 5.32 Å². The van der Waals surface area contributed by atoms with Crippen molar-refractivity contribution in [3.63, 3.8) is 0 Å². The van der Waals surface area contributed by atoms with Crippen LogP contribution in [0.3, 0.4) is 0 Å². The summed E-state index contributed by atoms with van der Waals surface area (Å²) in [7, 11) is 0. The van der Waals surface area contributed by atoms with Gasteiger partial charge in [-0.25, -0.2) is 4.68 Å². The molecule has 1 aliphatic rings. The van der Waals surface area contributed by atoms with Crippen molar-refractivity contribution in [2.75, 3.05) is 11.9 Å². The molecule has 0 aliphatic heterocycles. The maximum Gasteiger partial charge on any atom is 0.283 e. The van der Waals surface area contributed by atoms with Gasteiger partial charge in [-0.15, -0.1) is 0 Å². The average molecular weight is 356 g/mol. The molecule has 1 N–H and O–H groups in total. The normalized spacial score (nSPS) is 22.2. The molecular weight excluding hydrogens is 330 g/mol. The fourth-order valence-electron chi connectivity index (χ4n) is 3.05. The van der Waals surface area contributed by atoms with Crippen molar-refractivity contribution in [3.05, 3.63) is 21.0 Å². The van der Waals surface area contributed by atoms with Crippen LogP contribution in [0.25, 0.3) is 0 Å². The van der Waals surface area contributed by atoms with Crippen molar-refractivity contribution >= 4 is 21.6 Å². The van der Waals surface area contributed by atoms with E-state index in [2.05, 4.69) is 40.2 Å². The number of hydrogen-bond acceptors (Lipinski definition) is 3. The second kappa shape index (κ2) is 7.97. The Bertz CT molecular complexity index is 515. The Balaban J connectivity index is 1.97. The van der Waals surface area contributed by atoms with Crippen molar-refractivity contribution in [1.82, 2.24) is 9.78 Å². The minimum atomic E-state index is -0.0366. The van der Waals surface area contributed by atoms with Crippen molar-refractivity contribution in [2.24, 2.45) is 11.8 Å². The molecule has 0 saturated heterocycles. The molecule has 1 aromatic heterocycles. The van der Waals surface area contributed by atoms with Crippen LogP contribution in [0, 0.1) is 11.8 Å². The largest absolute Gasteiger partial charge is 0.382 e. The number of aromatic nitrogens is 2. The standard InChI is InChI=1S/C16H26BrN3O/c1-3-4-8-20-16(21)15(17)14(11-19-20)18-10-13-7-5-6-12(2)9-13/h11-13,18H,3-10H2,1-2H3. The molecular formula is C16H26BrN3O. The zero-order valence-electron chi connectivity index (χ0n) is 13.1. The molecule has 4 nitrogen and oxygen atoms in total. The SMILES string of the molecule is CCCCn1ncc(NCC2CCCC(C)C2)c(Br)c1=O. The lowest BCUT2D eigenvalue weighted by atomic mass is 9.82. The average Bonchev–Trinajstić information content (AvgIpc) is 2.48. The molecule has 118 valence electrons. The predicted molar refractivity (Wildman–Crippen MR) is 90.7 cm³/mol. The Hall–Kier alpha value is -0.840. The molecule has 0 bridgehead atoms. The number of rotatable bonds is 6. The molecule has 1 saturated carbocycles. The van der Waals surface area contributed by atoms with Crippen molar-refractivity contribution in [3.8, 4) is 0 Å². The van der Waals surface area contributed by atoms with E-state index < -0.39 is 0 Å². The van der Waals surface area contributed by atoms with Gasteiger partial charge in [-0.2, -0.15) is 5.10 Å². The van der Waals surface area contributed by atoms with E-state index in [0.717, 1.165) is 31.0 Å².